The van der Waals surface area contributed by atoms with Crippen LogP contribution in [0.25, 0.3) is 0 Å². The van der Waals surface area contributed by atoms with Crippen molar-refractivity contribution in [3.05, 3.63) is 23.8 Å². The number of anilines is 1. The molecule has 1 heterocycles. The third kappa shape index (κ3) is 2.09. The molecule has 0 spiro atoms. The first kappa shape index (κ1) is 10.4. The van der Waals surface area contributed by atoms with Crippen LogP contribution in [0.15, 0.2) is 23.1 Å². The Morgan fingerprint density at radius 2 is 2.33 bits per heavy atom. The maximum absolute atomic E-state index is 10.8. The van der Waals surface area contributed by atoms with Gasteiger partial charge < -0.3 is 5.11 Å². The molecule has 80 valence electrons. The summed E-state index contributed by atoms with van der Waals surface area (Å²) in [4.78, 5) is 13.3. The summed E-state index contributed by atoms with van der Waals surface area (Å²) in [5, 5.41) is 8.86. The Bertz CT molecular complexity index is 392. The molecule has 0 radical (unpaired) electrons. The molecule has 0 atom stereocenters. The van der Waals surface area contributed by atoms with E-state index in [2.05, 4.69) is 0 Å². The van der Waals surface area contributed by atoms with Crippen LogP contribution in [-0.2, 0) is 6.42 Å². The first-order valence-electron chi connectivity index (χ1n) is 4.91. The fourth-order valence-corrected chi connectivity index (χ4v) is 2.69. The third-order valence-corrected chi connectivity index (χ3v) is 3.77. The van der Waals surface area contributed by atoms with Gasteiger partial charge in [-0.15, -0.1) is 11.8 Å². The largest absolute Gasteiger partial charge is 0.465 e. The highest BCUT2D eigenvalue weighted by Crippen LogP contribution is 2.32. The maximum Gasteiger partial charge on any atom is 0.411 e. The van der Waals surface area contributed by atoms with Crippen molar-refractivity contribution < 1.29 is 9.90 Å². The number of rotatable bonds is 1. The topological polar surface area (TPSA) is 40.5 Å². The van der Waals surface area contributed by atoms with Crippen molar-refractivity contribution in [3.8, 4) is 0 Å². The minimum Gasteiger partial charge on any atom is -0.465 e. The van der Waals surface area contributed by atoms with E-state index in [1.54, 1.807) is 7.05 Å². The van der Waals surface area contributed by atoms with Gasteiger partial charge in [0.2, 0.25) is 0 Å². The first-order chi connectivity index (χ1) is 7.18. The highest BCUT2D eigenvalue weighted by Gasteiger charge is 2.13. The molecule has 1 aliphatic rings. The predicted molar refractivity (Wildman–Crippen MR) is 61.9 cm³/mol. The number of carbonyl (C=O) groups is 1. The molecule has 15 heavy (non-hydrogen) atoms. The van der Waals surface area contributed by atoms with Gasteiger partial charge in [0.1, 0.15) is 0 Å². The molecular formula is C11H13NO2S. The van der Waals surface area contributed by atoms with Crippen LogP contribution in [0.2, 0.25) is 0 Å². The fourth-order valence-electron chi connectivity index (χ4n) is 1.67. The molecule has 0 saturated heterocycles. The number of fused-ring (bicyclic) bond motifs is 1. The van der Waals surface area contributed by atoms with Crippen LogP contribution in [0.3, 0.4) is 0 Å². The number of hydrogen-bond donors (Lipinski definition) is 1. The first-order valence-corrected chi connectivity index (χ1v) is 5.89. The van der Waals surface area contributed by atoms with E-state index in [0.717, 1.165) is 12.1 Å². The summed E-state index contributed by atoms with van der Waals surface area (Å²) in [6.07, 6.45) is 1.32. The minimum absolute atomic E-state index is 0.753. The Hall–Kier alpha value is -1.16. The summed E-state index contributed by atoms with van der Waals surface area (Å²) >= 11 is 1.85. The van der Waals surface area contributed by atoms with Gasteiger partial charge in [-0.25, -0.2) is 4.79 Å². The van der Waals surface area contributed by atoms with Crippen molar-refractivity contribution in [2.45, 2.75) is 17.7 Å². The third-order valence-electron chi connectivity index (χ3n) is 2.57. The standard InChI is InChI=1S/C11H13NO2S/c1-12(11(13)14)9-4-5-10-8(7-9)3-2-6-15-10/h4-5,7H,2-3,6H2,1H3,(H,13,14). The quantitative estimate of drug-likeness (QED) is 0.795. The number of amides is 1. The lowest BCUT2D eigenvalue weighted by atomic mass is 10.1. The molecule has 0 bridgehead atoms. The highest BCUT2D eigenvalue weighted by molar-refractivity contribution is 7.99. The Kier molecular flexibility index (Phi) is 2.86. The Labute approximate surface area is 93.1 Å². The lowest BCUT2D eigenvalue weighted by Gasteiger charge is -2.19. The van der Waals surface area contributed by atoms with Gasteiger partial charge in [-0.1, -0.05) is 0 Å². The van der Waals surface area contributed by atoms with Crippen LogP contribution in [0.4, 0.5) is 10.5 Å². The number of nitrogens with zero attached hydrogens (tertiary/aromatic N) is 1. The number of thioether (sulfide) groups is 1. The van der Waals surface area contributed by atoms with Crippen molar-refractivity contribution in [2.75, 3.05) is 17.7 Å². The minimum atomic E-state index is -0.918. The maximum atomic E-state index is 10.8. The lowest BCUT2D eigenvalue weighted by molar-refractivity contribution is 0.203. The average molecular weight is 223 g/mol. The van der Waals surface area contributed by atoms with E-state index >= 15 is 0 Å². The summed E-state index contributed by atoms with van der Waals surface area (Å²) < 4.78 is 0. The molecule has 1 aromatic carbocycles. The second kappa shape index (κ2) is 4.14. The molecule has 1 amide bonds. The monoisotopic (exact) mass is 223 g/mol. The normalized spacial score (nSPS) is 14.5. The molecule has 2 rings (SSSR count). The van der Waals surface area contributed by atoms with Gasteiger partial charge in [-0.3, -0.25) is 4.90 Å². The van der Waals surface area contributed by atoms with E-state index in [-0.39, 0.29) is 0 Å². The van der Waals surface area contributed by atoms with Crippen molar-refractivity contribution in [1.29, 1.82) is 0 Å². The molecule has 0 fully saturated rings. The number of carboxylic acid groups (broad SMARTS) is 1. The molecule has 1 N–H and O–H groups in total. The summed E-state index contributed by atoms with van der Waals surface area (Å²) in [6, 6.07) is 5.87. The van der Waals surface area contributed by atoms with Gasteiger partial charge in [-0.05, 0) is 42.4 Å². The molecule has 0 aliphatic carbocycles. The zero-order valence-electron chi connectivity index (χ0n) is 8.56. The van der Waals surface area contributed by atoms with Crippen LogP contribution in [-0.4, -0.2) is 24.0 Å². The molecule has 1 aromatic rings. The SMILES string of the molecule is CN(C(=O)O)c1ccc2c(c1)CCCS2. The average Bonchev–Trinajstić information content (AvgIpc) is 2.27. The molecule has 0 saturated carbocycles. The van der Waals surface area contributed by atoms with E-state index < -0.39 is 6.09 Å². The van der Waals surface area contributed by atoms with E-state index in [9.17, 15) is 4.79 Å². The molecule has 0 aromatic heterocycles. The second-order valence-corrected chi connectivity index (χ2v) is 4.72. The van der Waals surface area contributed by atoms with Crippen molar-refractivity contribution in [2.24, 2.45) is 0 Å². The zero-order valence-corrected chi connectivity index (χ0v) is 9.38. The molecular weight excluding hydrogens is 210 g/mol. The Morgan fingerprint density at radius 1 is 1.53 bits per heavy atom. The summed E-state index contributed by atoms with van der Waals surface area (Å²) in [6.45, 7) is 0. The van der Waals surface area contributed by atoms with E-state index in [1.165, 1.54) is 27.5 Å². The van der Waals surface area contributed by atoms with Crippen LogP contribution >= 0.6 is 11.8 Å². The van der Waals surface area contributed by atoms with Crippen molar-refractivity contribution in [3.63, 3.8) is 0 Å². The molecule has 1 aliphatic heterocycles. The molecule has 0 unspecified atom stereocenters. The lowest BCUT2D eigenvalue weighted by Crippen LogP contribution is -2.23. The van der Waals surface area contributed by atoms with Gasteiger partial charge in [0.15, 0.2) is 0 Å². The van der Waals surface area contributed by atoms with Gasteiger partial charge in [-0.2, -0.15) is 0 Å². The van der Waals surface area contributed by atoms with Gasteiger partial charge in [0.05, 0.1) is 0 Å². The van der Waals surface area contributed by atoms with Crippen LogP contribution in [0.5, 0.6) is 0 Å². The second-order valence-electron chi connectivity index (χ2n) is 3.59. The van der Waals surface area contributed by atoms with E-state index in [0.29, 0.717) is 0 Å². The highest BCUT2D eigenvalue weighted by atomic mass is 32.2. The summed E-state index contributed by atoms with van der Waals surface area (Å²) in [5.41, 5.74) is 2.03. The predicted octanol–water partition coefficient (Wildman–Crippen LogP) is 2.84. The number of benzene rings is 1. The Morgan fingerprint density at radius 3 is 3.07 bits per heavy atom. The number of aryl methyl sites for hydroxylation is 1. The van der Waals surface area contributed by atoms with E-state index in [4.69, 9.17) is 5.11 Å². The summed E-state index contributed by atoms with van der Waals surface area (Å²) in [7, 11) is 1.57. The fraction of sp³-hybridized carbons (Fsp3) is 0.364. The van der Waals surface area contributed by atoms with Gasteiger partial charge in [0, 0.05) is 17.6 Å². The van der Waals surface area contributed by atoms with Crippen LogP contribution < -0.4 is 4.90 Å². The zero-order chi connectivity index (χ0) is 10.8. The van der Waals surface area contributed by atoms with Crippen molar-refractivity contribution >= 4 is 23.5 Å². The van der Waals surface area contributed by atoms with E-state index in [1.807, 2.05) is 30.0 Å². The smallest absolute Gasteiger partial charge is 0.411 e. The Balaban J connectivity index is 2.31. The molecule has 3 nitrogen and oxygen atoms in total. The van der Waals surface area contributed by atoms with Gasteiger partial charge in [0.25, 0.3) is 0 Å². The van der Waals surface area contributed by atoms with Crippen molar-refractivity contribution in [1.82, 2.24) is 0 Å². The van der Waals surface area contributed by atoms with Gasteiger partial charge >= 0.3 is 6.09 Å². The van der Waals surface area contributed by atoms with Crippen LogP contribution in [0, 0.1) is 0 Å². The summed E-state index contributed by atoms with van der Waals surface area (Å²) in [5.74, 6) is 1.17. The molecule has 4 heteroatoms. The van der Waals surface area contributed by atoms with Crippen LogP contribution in [0.1, 0.15) is 12.0 Å². The number of hydrogen-bond acceptors (Lipinski definition) is 2.